The van der Waals surface area contributed by atoms with E-state index in [9.17, 15) is 0 Å². The van der Waals surface area contributed by atoms with Gasteiger partial charge in [0.2, 0.25) is 0 Å². The second-order valence-corrected chi connectivity index (χ2v) is 7.29. The minimum absolute atomic E-state index is 0. The molecule has 1 saturated heterocycles. The molecule has 1 aromatic rings. The number of hydrogen-bond donors (Lipinski definition) is 2. The molecule has 0 unspecified atom stereocenters. The first kappa shape index (κ1) is 22.3. The fraction of sp³-hybridized carbons (Fsp3) is 0.667. The zero-order valence-corrected chi connectivity index (χ0v) is 18.8. The molecule has 0 bridgehead atoms. The highest BCUT2D eigenvalue weighted by Crippen LogP contribution is 2.21. The van der Waals surface area contributed by atoms with Crippen LogP contribution in [0.3, 0.4) is 0 Å². The Morgan fingerprint density at radius 3 is 2.68 bits per heavy atom. The average molecular weight is 477 g/mol. The molecule has 1 aromatic heterocycles. The molecule has 0 spiro atoms. The first-order chi connectivity index (χ1) is 11.7. The van der Waals surface area contributed by atoms with Crippen LogP contribution in [-0.2, 0) is 6.54 Å². The van der Waals surface area contributed by atoms with Crippen LogP contribution in [-0.4, -0.2) is 49.1 Å². The van der Waals surface area contributed by atoms with Gasteiger partial charge in [-0.25, -0.2) is 9.98 Å². The zero-order chi connectivity index (χ0) is 17.2. The maximum absolute atomic E-state index is 4.64. The highest BCUT2D eigenvalue weighted by molar-refractivity contribution is 14.0. The number of aliphatic imine (C=N–C) groups is 1. The Morgan fingerprint density at radius 1 is 1.32 bits per heavy atom. The van der Waals surface area contributed by atoms with Crippen LogP contribution in [0.2, 0.25) is 0 Å². The van der Waals surface area contributed by atoms with Crippen molar-refractivity contribution < 1.29 is 0 Å². The number of piperidine rings is 1. The molecule has 25 heavy (non-hydrogen) atoms. The van der Waals surface area contributed by atoms with Gasteiger partial charge < -0.3 is 15.5 Å². The van der Waals surface area contributed by atoms with E-state index in [2.05, 4.69) is 57.7 Å². The van der Waals surface area contributed by atoms with Crippen LogP contribution in [0, 0.1) is 5.92 Å². The van der Waals surface area contributed by atoms with Gasteiger partial charge in [-0.1, -0.05) is 13.0 Å². The predicted molar refractivity (Wildman–Crippen MR) is 121 cm³/mol. The van der Waals surface area contributed by atoms with Crippen LogP contribution in [0.15, 0.2) is 23.3 Å². The van der Waals surface area contributed by atoms with E-state index in [1.807, 2.05) is 18.0 Å². The molecule has 0 amide bonds. The molecule has 2 N–H and O–H groups in total. The Labute approximate surface area is 173 Å². The Hall–Kier alpha value is -0.700. The van der Waals surface area contributed by atoms with E-state index in [1.54, 1.807) is 0 Å². The van der Waals surface area contributed by atoms with Gasteiger partial charge in [0.25, 0.3) is 0 Å². The lowest BCUT2D eigenvalue weighted by molar-refractivity contribution is 0.436. The smallest absolute Gasteiger partial charge is 0.191 e. The van der Waals surface area contributed by atoms with Crippen LogP contribution in [0.4, 0.5) is 5.82 Å². The van der Waals surface area contributed by atoms with E-state index in [0.29, 0.717) is 6.54 Å². The van der Waals surface area contributed by atoms with Crippen LogP contribution in [0.25, 0.3) is 0 Å². The molecular weight excluding hydrogens is 445 g/mol. The number of halogens is 1. The summed E-state index contributed by atoms with van der Waals surface area (Å²) < 4.78 is 0. The average Bonchev–Trinajstić information content (AvgIpc) is 2.61. The number of hydrogen-bond acceptors (Lipinski definition) is 4. The zero-order valence-electron chi connectivity index (χ0n) is 15.6. The number of nitrogens with one attached hydrogen (secondary N) is 2. The summed E-state index contributed by atoms with van der Waals surface area (Å²) in [6.45, 7) is 9.11. The summed E-state index contributed by atoms with van der Waals surface area (Å²) in [6.07, 6.45) is 6.60. The van der Waals surface area contributed by atoms with E-state index in [4.69, 9.17) is 0 Å². The van der Waals surface area contributed by atoms with Crippen molar-refractivity contribution in [1.82, 2.24) is 15.6 Å². The Kier molecular flexibility index (Phi) is 11.3. The number of rotatable bonds is 7. The van der Waals surface area contributed by atoms with Crippen molar-refractivity contribution in [3.8, 4) is 0 Å². The highest BCUT2D eigenvalue weighted by Gasteiger charge is 2.16. The largest absolute Gasteiger partial charge is 0.357 e. The Balaban J connectivity index is 0.00000312. The maximum atomic E-state index is 4.64. The first-order valence-corrected chi connectivity index (χ1v) is 10.3. The predicted octanol–water partition coefficient (Wildman–Crippen LogP) is 3.35. The number of thioether (sulfide) groups is 1. The molecule has 1 fully saturated rings. The molecule has 0 atom stereocenters. The van der Waals surface area contributed by atoms with E-state index >= 15 is 0 Å². The summed E-state index contributed by atoms with van der Waals surface area (Å²) in [4.78, 5) is 11.7. The molecule has 2 rings (SSSR count). The number of pyridine rings is 1. The lowest BCUT2D eigenvalue weighted by Crippen LogP contribution is -2.38. The van der Waals surface area contributed by atoms with Crippen molar-refractivity contribution in [2.45, 2.75) is 33.2 Å². The summed E-state index contributed by atoms with van der Waals surface area (Å²) >= 11 is 1.83. The van der Waals surface area contributed by atoms with Crippen LogP contribution >= 0.6 is 35.7 Å². The monoisotopic (exact) mass is 477 g/mol. The van der Waals surface area contributed by atoms with Crippen molar-refractivity contribution in [2.24, 2.45) is 10.9 Å². The molecule has 0 saturated carbocycles. The third-order valence-electron chi connectivity index (χ3n) is 4.28. The van der Waals surface area contributed by atoms with Crippen LogP contribution in [0.5, 0.6) is 0 Å². The van der Waals surface area contributed by atoms with Gasteiger partial charge in [0.15, 0.2) is 5.96 Å². The number of aromatic nitrogens is 1. The SMILES string of the molecule is CCNC(=NCc1ccc(N2CCC(C)CC2)nc1)NCCSC.I. The van der Waals surface area contributed by atoms with Gasteiger partial charge in [0, 0.05) is 38.1 Å². The normalized spacial score (nSPS) is 15.6. The van der Waals surface area contributed by atoms with Gasteiger partial charge in [-0.15, -0.1) is 24.0 Å². The van der Waals surface area contributed by atoms with Gasteiger partial charge in [-0.3, -0.25) is 0 Å². The van der Waals surface area contributed by atoms with E-state index in [1.165, 1.54) is 12.8 Å². The lowest BCUT2D eigenvalue weighted by atomic mass is 9.99. The minimum Gasteiger partial charge on any atom is -0.357 e. The third-order valence-corrected chi connectivity index (χ3v) is 4.89. The van der Waals surface area contributed by atoms with Gasteiger partial charge in [0.05, 0.1) is 6.54 Å². The molecule has 0 aliphatic carbocycles. The molecule has 1 aliphatic heterocycles. The Bertz CT molecular complexity index is 501. The fourth-order valence-corrected chi connectivity index (χ4v) is 3.02. The molecular formula is C18H32IN5S. The second-order valence-electron chi connectivity index (χ2n) is 6.31. The van der Waals surface area contributed by atoms with E-state index in [-0.39, 0.29) is 24.0 Å². The van der Waals surface area contributed by atoms with Gasteiger partial charge in [-0.05, 0) is 43.6 Å². The Morgan fingerprint density at radius 2 is 2.08 bits per heavy atom. The highest BCUT2D eigenvalue weighted by atomic mass is 127. The van der Waals surface area contributed by atoms with Crippen molar-refractivity contribution in [1.29, 1.82) is 0 Å². The number of nitrogens with zero attached hydrogens (tertiary/aromatic N) is 3. The van der Waals surface area contributed by atoms with Crippen LogP contribution in [0.1, 0.15) is 32.3 Å². The quantitative estimate of drug-likeness (QED) is 0.273. The van der Waals surface area contributed by atoms with Crippen molar-refractivity contribution in [3.05, 3.63) is 23.9 Å². The van der Waals surface area contributed by atoms with Gasteiger partial charge in [0.1, 0.15) is 5.82 Å². The lowest BCUT2D eigenvalue weighted by Gasteiger charge is -2.31. The van der Waals surface area contributed by atoms with Crippen LogP contribution < -0.4 is 15.5 Å². The first-order valence-electron chi connectivity index (χ1n) is 8.94. The number of guanidine groups is 1. The molecule has 1 aliphatic rings. The van der Waals surface area contributed by atoms with Gasteiger partial charge >= 0.3 is 0 Å². The summed E-state index contributed by atoms with van der Waals surface area (Å²) in [7, 11) is 0. The topological polar surface area (TPSA) is 52.6 Å². The van der Waals surface area contributed by atoms with Crippen molar-refractivity contribution >= 4 is 47.5 Å². The molecule has 7 heteroatoms. The standard InChI is InChI=1S/C18H31N5S.HI/c1-4-19-18(20-9-12-24-3)22-14-16-5-6-17(21-13-16)23-10-7-15(2)8-11-23;/h5-6,13,15H,4,7-12,14H2,1-3H3,(H2,19,20,22);1H. The summed E-state index contributed by atoms with van der Waals surface area (Å²) in [5.41, 5.74) is 1.14. The van der Waals surface area contributed by atoms with E-state index < -0.39 is 0 Å². The molecule has 0 aromatic carbocycles. The molecule has 0 radical (unpaired) electrons. The summed E-state index contributed by atoms with van der Waals surface area (Å²) in [5, 5.41) is 6.63. The molecule has 5 nitrogen and oxygen atoms in total. The second kappa shape index (κ2) is 12.6. The maximum Gasteiger partial charge on any atom is 0.191 e. The third kappa shape index (κ3) is 8.02. The van der Waals surface area contributed by atoms with Crippen molar-refractivity contribution in [2.75, 3.05) is 43.1 Å². The van der Waals surface area contributed by atoms with Crippen molar-refractivity contribution in [3.63, 3.8) is 0 Å². The molecule has 142 valence electrons. The minimum atomic E-state index is 0. The molecule has 2 heterocycles. The number of anilines is 1. The van der Waals surface area contributed by atoms with Gasteiger partial charge in [-0.2, -0.15) is 11.8 Å². The summed E-state index contributed by atoms with van der Waals surface area (Å²) in [6, 6.07) is 4.28. The van der Waals surface area contributed by atoms with E-state index in [0.717, 1.165) is 55.2 Å². The summed E-state index contributed by atoms with van der Waals surface area (Å²) in [5.74, 6) is 3.90. The fourth-order valence-electron chi connectivity index (χ4n) is 2.72.